The molecule has 48 heavy (non-hydrogen) atoms. The second-order valence-electron chi connectivity index (χ2n) is 14.2. The van der Waals surface area contributed by atoms with Gasteiger partial charge in [0.2, 0.25) is 0 Å². The molecule has 2 aliphatic rings. The SMILES string of the molecule is CC1([C@@H](c2cccc(F)c2)[C@@H](O)[C@H]2CCCN2C(=O)c2nn(COCC[Si](C)(C)C)cc(OCc3ccccc3)c2=O)C=CC(Cl)=CC1. The zero-order valence-corrected chi connectivity index (χ0v) is 29.8. The minimum Gasteiger partial charge on any atom is -0.483 e. The smallest absolute Gasteiger partial charge is 0.278 e. The number of nitrogens with zero attached hydrogens (tertiary/aromatic N) is 3. The predicted molar refractivity (Wildman–Crippen MR) is 188 cm³/mol. The summed E-state index contributed by atoms with van der Waals surface area (Å²) >= 11 is 6.26. The topological polar surface area (TPSA) is 93.9 Å². The molecule has 0 radical (unpaired) electrons. The van der Waals surface area contributed by atoms with Crippen molar-refractivity contribution < 1.29 is 23.8 Å². The maximum Gasteiger partial charge on any atom is 0.278 e. The second kappa shape index (κ2) is 15.3. The van der Waals surface area contributed by atoms with Crippen LogP contribution in [0.5, 0.6) is 5.75 Å². The normalized spacial score (nSPS) is 20.8. The van der Waals surface area contributed by atoms with Gasteiger partial charge in [0.05, 0.1) is 18.3 Å². The number of carbonyl (C=O) groups is 1. The van der Waals surface area contributed by atoms with E-state index in [0.717, 1.165) is 11.6 Å². The van der Waals surface area contributed by atoms with Gasteiger partial charge in [-0.1, -0.05) is 92.8 Å². The average Bonchev–Trinajstić information content (AvgIpc) is 3.55. The summed E-state index contributed by atoms with van der Waals surface area (Å²) in [5.74, 6) is -1.59. The molecule has 1 amide bonds. The van der Waals surface area contributed by atoms with Crippen LogP contribution in [0.3, 0.4) is 0 Å². The van der Waals surface area contributed by atoms with Gasteiger partial charge in [0.25, 0.3) is 11.3 Å². The number of amides is 1. The molecule has 1 saturated heterocycles. The molecule has 5 rings (SSSR count). The molecule has 4 atom stereocenters. The Kier molecular flexibility index (Phi) is 11.4. The highest BCUT2D eigenvalue weighted by Crippen LogP contribution is 2.47. The van der Waals surface area contributed by atoms with Gasteiger partial charge in [-0.25, -0.2) is 9.07 Å². The van der Waals surface area contributed by atoms with Crippen molar-refractivity contribution in [2.45, 2.75) is 83.3 Å². The fraction of sp³-hybridized carbons (Fsp3) is 0.432. The van der Waals surface area contributed by atoms with Crippen molar-refractivity contribution in [2.24, 2.45) is 5.41 Å². The van der Waals surface area contributed by atoms with Gasteiger partial charge in [0.1, 0.15) is 19.2 Å². The Bertz CT molecular complexity index is 1710. The highest BCUT2D eigenvalue weighted by Gasteiger charge is 2.46. The summed E-state index contributed by atoms with van der Waals surface area (Å²) in [5, 5.41) is 17.2. The van der Waals surface area contributed by atoms with E-state index in [9.17, 15) is 19.1 Å². The third kappa shape index (κ3) is 8.71. The van der Waals surface area contributed by atoms with E-state index in [1.807, 2.05) is 49.4 Å². The highest BCUT2D eigenvalue weighted by atomic mass is 35.5. The minimum absolute atomic E-state index is 0.0107. The van der Waals surface area contributed by atoms with E-state index >= 15 is 0 Å². The van der Waals surface area contributed by atoms with Crippen LogP contribution in [-0.4, -0.2) is 59.1 Å². The lowest BCUT2D eigenvalue weighted by Gasteiger charge is -2.43. The van der Waals surface area contributed by atoms with E-state index in [0.29, 0.717) is 43.0 Å². The van der Waals surface area contributed by atoms with Gasteiger partial charge in [-0.3, -0.25) is 9.59 Å². The molecule has 1 fully saturated rings. The lowest BCUT2D eigenvalue weighted by atomic mass is 9.66. The van der Waals surface area contributed by atoms with Crippen molar-refractivity contribution in [1.29, 1.82) is 0 Å². The first-order chi connectivity index (χ1) is 22.8. The van der Waals surface area contributed by atoms with E-state index in [2.05, 4.69) is 24.7 Å². The Morgan fingerprint density at radius 1 is 1.19 bits per heavy atom. The van der Waals surface area contributed by atoms with Crippen LogP contribution in [-0.2, 0) is 18.1 Å². The van der Waals surface area contributed by atoms with Crippen LogP contribution in [0.2, 0.25) is 25.7 Å². The van der Waals surface area contributed by atoms with Crippen LogP contribution in [0.1, 0.15) is 53.7 Å². The summed E-state index contributed by atoms with van der Waals surface area (Å²) in [4.78, 5) is 29.6. The summed E-state index contributed by atoms with van der Waals surface area (Å²) < 4.78 is 27.8. The van der Waals surface area contributed by atoms with Crippen LogP contribution in [0, 0.1) is 11.2 Å². The van der Waals surface area contributed by atoms with Crippen molar-refractivity contribution in [1.82, 2.24) is 14.7 Å². The number of hydrogen-bond acceptors (Lipinski definition) is 6. The molecule has 1 aromatic heterocycles. The third-order valence-corrected chi connectivity index (χ3v) is 11.2. The Balaban J connectivity index is 1.45. The minimum atomic E-state index is -1.34. The number of hydrogen-bond donors (Lipinski definition) is 1. The molecule has 256 valence electrons. The molecule has 1 N–H and O–H groups in total. The van der Waals surface area contributed by atoms with Gasteiger partial charge in [0.15, 0.2) is 11.4 Å². The largest absolute Gasteiger partial charge is 0.483 e. The van der Waals surface area contributed by atoms with Crippen molar-refractivity contribution in [3.8, 4) is 5.75 Å². The lowest BCUT2D eigenvalue weighted by molar-refractivity contribution is 0.0200. The number of aliphatic hydroxyl groups is 1. The molecule has 1 aliphatic heterocycles. The molecule has 11 heteroatoms. The van der Waals surface area contributed by atoms with Crippen molar-refractivity contribution in [2.75, 3.05) is 13.2 Å². The van der Waals surface area contributed by atoms with Crippen molar-refractivity contribution in [3.05, 3.63) is 117 Å². The number of aromatic nitrogens is 2. The van der Waals surface area contributed by atoms with Crippen LogP contribution < -0.4 is 10.2 Å². The van der Waals surface area contributed by atoms with Crippen LogP contribution in [0.4, 0.5) is 4.39 Å². The number of likely N-dealkylation sites (tertiary alicyclic amines) is 1. The molecule has 3 aromatic rings. The van der Waals surface area contributed by atoms with Crippen LogP contribution in [0.15, 0.2) is 88.8 Å². The van der Waals surface area contributed by atoms with E-state index in [1.54, 1.807) is 18.2 Å². The summed E-state index contributed by atoms with van der Waals surface area (Å²) in [5.41, 5.74) is -0.0567. The van der Waals surface area contributed by atoms with E-state index in [1.165, 1.54) is 27.9 Å². The molecule has 2 heterocycles. The molecule has 0 spiro atoms. The maximum atomic E-state index is 14.5. The standard InChI is InChI=1S/C37H45ClFN3O5Si/c1-37(17-15-28(38)16-18-37)32(27-12-8-13-29(39)22-27)34(43)30-14-9-19-42(30)36(45)33-35(44)31(47-24-26-10-6-5-7-11-26)23-41(40-33)25-46-20-21-48(2,3)4/h5-8,10-13,15-17,22-23,30,32,34,43H,9,14,18-21,24-25H2,1-4H3/t30-,32+,34+,37?/m1/s1. The quantitative estimate of drug-likeness (QED) is 0.152. The number of ether oxygens (including phenoxy) is 2. The molecule has 0 bridgehead atoms. The second-order valence-corrected chi connectivity index (χ2v) is 20.3. The maximum absolute atomic E-state index is 14.5. The monoisotopic (exact) mass is 693 g/mol. The number of rotatable bonds is 13. The van der Waals surface area contributed by atoms with Crippen molar-refractivity contribution in [3.63, 3.8) is 0 Å². The average molecular weight is 694 g/mol. The molecule has 0 saturated carbocycles. The Morgan fingerprint density at radius 3 is 2.65 bits per heavy atom. The molecular formula is C37H45ClFN3O5Si. The summed E-state index contributed by atoms with van der Waals surface area (Å²) in [6.07, 6.45) is 7.67. The molecule has 2 aromatic carbocycles. The fourth-order valence-electron chi connectivity index (χ4n) is 6.47. The first-order valence-corrected chi connectivity index (χ1v) is 20.6. The predicted octanol–water partition coefficient (Wildman–Crippen LogP) is 7.11. The van der Waals surface area contributed by atoms with Crippen LogP contribution >= 0.6 is 11.6 Å². The molecule has 1 unspecified atom stereocenters. The number of allylic oxidation sites excluding steroid dienone is 4. The lowest BCUT2D eigenvalue weighted by Crippen LogP contribution is -2.49. The van der Waals surface area contributed by atoms with Gasteiger partial charge < -0.3 is 19.5 Å². The Labute approximate surface area is 287 Å². The molecule has 8 nitrogen and oxygen atoms in total. The first kappa shape index (κ1) is 35.7. The van der Waals surface area contributed by atoms with Crippen LogP contribution in [0.25, 0.3) is 0 Å². The van der Waals surface area contributed by atoms with Gasteiger partial charge in [-0.05, 0) is 60.1 Å². The summed E-state index contributed by atoms with van der Waals surface area (Å²) in [7, 11) is -1.34. The zero-order valence-electron chi connectivity index (χ0n) is 28.1. The Hall–Kier alpha value is -3.57. The van der Waals surface area contributed by atoms with Gasteiger partial charge in [0, 0.05) is 32.2 Å². The molecule has 1 aliphatic carbocycles. The summed E-state index contributed by atoms with van der Waals surface area (Å²) in [6.45, 7) is 9.82. The first-order valence-electron chi connectivity index (χ1n) is 16.5. The van der Waals surface area contributed by atoms with E-state index in [-0.39, 0.29) is 24.8 Å². The van der Waals surface area contributed by atoms with E-state index < -0.39 is 48.7 Å². The van der Waals surface area contributed by atoms with Gasteiger partial charge in [-0.2, -0.15) is 5.10 Å². The highest BCUT2D eigenvalue weighted by molar-refractivity contribution is 6.76. The Morgan fingerprint density at radius 2 is 1.96 bits per heavy atom. The van der Waals surface area contributed by atoms with E-state index in [4.69, 9.17) is 21.1 Å². The number of benzene rings is 2. The summed E-state index contributed by atoms with van der Waals surface area (Å²) in [6, 6.07) is 16.0. The zero-order chi connectivity index (χ0) is 34.5. The fourth-order valence-corrected chi connectivity index (χ4v) is 7.37. The van der Waals surface area contributed by atoms with Gasteiger partial charge >= 0.3 is 0 Å². The molecular weight excluding hydrogens is 649 g/mol. The number of aliphatic hydroxyl groups excluding tert-OH is 1. The third-order valence-electron chi connectivity index (χ3n) is 9.17. The number of halogens is 2. The van der Waals surface area contributed by atoms with Crippen molar-refractivity contribution >= 4 is 25.6 Å². The number of carbonyl (C=O) groups excluding carboxylic acids is 1. The van der Waals surface area contributed by atoms with Gasteiger partial charge in [-0.15, -0.1) is 0 Å².